The lowest BCUT2D eigenvalue weighted by atomic mass is 9.86. The molecule has 0 bridgehead atoms. The fourth-order valence-electron chi connectivity index (χ4n) is 2.18. The van der Waals surface area contributed by atoms with Gasteiger partial charge < -0.3 is 10.1 Å². The van der Waals surface area contributed by atoms with Gasteiger partial charge in [0.05, 0.1) is 7.11 Å². The Bertz CT molecular complexity index is 624. The van der Waals surface area contributed by atoms with Crippen LogP contribution in [0.2, 0.25) is 0 Å². The van der Waals surface area contributed by atoms with Crippen molar-refractivity contribution in [3.8, 4) is 5.75 Å². The zero-order valence-electron chi connectivity index (χ0n) is 12.9. The smallest absolute Gasteiger partial charge is 0.255 e. The van der Waals surface area contributed by atoms with E-state index < -0.39 is 0 Å². The number of benzene rings is 2. The van der Waals surface area contributed by atoms with Gasteiger partial charge >= 0.3 is 0 Å². The van der Waals surface area contributed by atoms with Crippen molar-refractivity contribution in [2.24, 2.45) is 0 Å². The van der Waals surface area contributed by atoms with Crippen molar-refractivity contribution in [3.05, 3.63) is 59.7 Å². The van der Waals surface area contributed by atoms with Gasteiger partial charge in [-0.1, -0.05) is 39.0 Å². The number of hydrogen-bond donors (Lipinski definition) is 1. The molecule has 0 aromatic heterocycles. The molecule has 0 atom stereocenters. The molecule has 0 saturated heterocycles. The molecule has 110 valence electrons. The van der Waals surface area contributed by atoms with Crippen molar-refractivity contribution in [1.82, 2.24) is 0 Å². The Morgan fingerprint density at radius 1 is 1.00 bits per heavy atom. The standard InChI is InChI=1S/C18H21NO2/c1-18(2,3)15-7-5-6-8-16(15)19-17(20)13-9-11-14(21-4)12-10-13/h5-12H,1-4H3,(H,19,20). The molecule has 2 rings (SSSR count). The molecular formula is C18H21NO2. The number of hydrogen-bond acceptors (Lipinski definition) is 2. The van der Waals surface area contributed by atoms with Gasteiger partial charge in [0.25, 0.3) is 5.91 Å². The highest BCUT2D eigenvalue weighted by Gasteiger charge is 2.18. The minimum Gasteiger partial charge on any atom is -0.497 e. The molecule has 3 nitrogen and oxygen atoms in total. The molecule has 1 N–H and O–H groups in total. The van der Waals surface area contributed by atoms with Gasteiger partial charge in [-0.3, -0.25) is 4.79 Å². The summed E-state index contributed by atoms with van der Waals surface area (Å²) in [6.07, 6.45) is 0. The van der Waals surface area contributed by atoms with Crippen LogP contribution in [-0.4, -0.2) is 13.0 Å². The van der Waals surface area contributed by atoms with E-state index in [4.69, 9.17) is 4.74 Å². The van der Waals surface area contributed by atoms with Crippen LogP contribution in [0.25, 0.3) is 0 Å². The second-order valence-corrected chi connectivity index (χ2v) is 5.98. The third kappa shape index (κ3) is 3.63. The second kappa shape index (κ2) is 6.00. The second-order valence-electron chi connectivity index (χ2n) is 5.98. The van der Waals surface area contributed by atoms with Gasteiger partial charge in [0.2, 0.25) is 0 Å². The number of anilines is 1. The van der Waals surface area contributed by atoms with Crippen LogP contribution in [-0.2, 0) is 5.41 Å². The first-order valence-corrected chi connectivity index (χ1v) is 6.97. The van der Waals surface area contributed by atoms with Gasteiger partial charge in [-0.25, -0.2) is 0 Å². The topological polar surface area (TPSA) is 38.3 Å². The van der Waals surface area contributed by atoms with Crippen LogP contribution in [0.3, 0.4) is 0 Å². The monoisotopic (exact) mass is 283 g/mol. The van der Waals surface area contributed by atoms with Crippen LogP contribution in [0, 0.1) is 0 Å². The van der Waals surface area contributed by atoms with Crippen molar-refractivity contribution in [1.29, 1.82) is 0 Å². The number of amides is 1. The number of para-hydroxylation sites is 1. The molecule has 0 unspecified atom stereocenters. The van der Waals surface area contributed by atoms with E-state index in [-0.39, 0.29) is 11.3 Å². The Kier molecular flexibility index (Phi) is 4.32. The molecule has 0 heterocycles. The number of carbonyl (C=O) groups excluding carboxylic acids is 1. The highest BCUT2D eigenvalue weighted by atomic mass is 16.5. The summed E-state index contributed by atoms with van der Waals surface area (Å²) in [7, 11) is 1.61. The van der Waals surface area contributed by atoms with Crippen molar-refractivity contribution >= 4 is 11.6 Å². The molecule has 0 radical (unpaired) electrons. The van der Waals surface area contributed by atoms with E-state index in [0.29, 0.717) is 5.56 Å². The maximum Gasteiger partial charge on any atom is 0.255 e. The average Bonchev–Trinajstić information content (AvgIpc) is 2.47. The number of nitrogens with one attached hydrogen (secondary N) is 1. The van der Waals surface area contributed by atoms with Gasteiger partial charge in [0.15, 0.2) is 0 Å². The molecule has 2 aromatic carbocycles. The Morgan fingerprint density at radius 2 is 1.62 bits per heavy atom. The van der Waals surface area contributed by atoms with Crippen LogP contribution >= 0.6 is 0 Å². The summed E-state index contributed by atoms with van der Waals surface area (Å²) < 4.78 is 5.10. The Hall–Kier alpha value is -2.29. The van der Waals surface area contributed by atoms with Crippen LogP contribution in [0.4, 0.5) is 5.69 Å². The Balaban J connectivity index is 2.23. The molecule has 1 amide bonds. The van der Waals surface area contributed by atoms with Crippen LogP contribution in [0.15, 0.2) is 48.5 Å². The van der Waals surface area contributed by atoms with Crippen LogP contribution in [0.1, 0.15) is 36.7 Å². The van der Waals surface area contributed by atoms with Crippen molar-refractivity contribution < 1.29 is 9.53 Å². The summed E-state index contributed by atoms with van der Waals surface area (Å²) in [4.78, 5) is 12.3. The molecular weight excluding hydrogens is 262 g/mol. The number of carbonyl (C=O) groups is 1. The van der Waals surface area contributed by atoms with E-state index >= 15 is 0 Å². The van der Waals surface area contributed by atoms with E-state index in [9.17, 15) is 4.79 Å². The molecule has 2 aromatic rings. The summed E-state index contributed by atoms with van der Waals surface area (Å²) >= 11 is 0. The van der Waals surface area contributed by atoms with E-state index in [1.807, 2.05) is 24.3 Å². The highest BCUT2D eigenvalue weighted by Crippen LogP contribution is 2.29. The molecule has 0 saturated carbocycles. The molecule has 21 heavy (non-hydrogen) atoms. The zero-order chi connectivity index (χ0) is 15.5. The van der Waals surface area contributed by atoms with E-state index in [2.05, 4.69) is 26.1 Å². The number of methoxy groups -OCH3 is 1. The molecule has 3 heteroatoms. The third-order valence-electron chi connectivity index (χ3n) is 3.34. The van der Waals surface area contributed by atoms with Crippen LogP contribution in [0.5, 0.6) is 5.75 Å². The molecule has 0 aliphatic heterocycles. The lowest BCUT2D eigenvalue weighted by molar-refractivity contribution is 0.102. The SMILES string of the molecule is COc1ccc(C(=O)Nc2ccccc2C(C)(C)C)cc1. The van der Waals surface area contributed by atoms with Gasteiger partial charge in [-0.2, -0.15) is 0 Å². The molecule has 0 spiro atoms. The lowest BCUT2D eigenvalue weighted by Gasteiger charge is -2.23. The minimum absolute atomic E-state index is 0.0240. The summed E-state index contributed by atoms with van der Waals surface area (Å²) in [5, 5.41) is 2.99. The normalized spacial score (nSPS) is 11.0. The van der Waals surface area contributed by atoms with E-state index in [1.54, 1.807) is 31.4 Å². The molecule has 0 aliphatic carbocycles. The van der Waals surface area contributed by atoms with Gasteiger partial charge in [-0.05, 0) is 41.3 Å². The van der Waals surface area contributed by atoms with Gasteiger partial charge in [0.1, 0.15) is 5.75 Å². The zero-order valence-corrected chi connectivity index (χ0v) is 12.9. The maximum atomic E-state index is 12.3. The van der Waals surface area contributed by atoms with E-state index in [1.165, 1.54) is 0 Å². The van der Waals surface area contributed by atoms with Crippen molar-refractivity contribution in [2.75, 3.05) is 12.4 Å². The first kappa shape index (κ1) is 15.1. The van der Waals surface area contributed by atoms with Gasteiger partial charge in [0, 0.05) is 11.3 Å². The first-order chi connectivity index (χ1) is 9.91. The summed E-state index contributed by atoms with van der Waals surface area (Å²) in [5.74, 6) is 0.621. The Morgan fingerprint density at radius 3 is 2.19 bits per heavy atom. The fraction of sp³-hybridized carbons (Fsp3) is 0.278. The fourth-order valence-corrected chi connectivity index (χ4v) is 2.18. The number of ether oxygens (including phenoxy) is 1. The van der Waals surface area contributed by atoms with Crippen molar-refractivity contribution in [2.45, 2.75) is 26.2 Å². The quantitative estimate of drug-likeness (QED) is 0.914. The average molecular weight is 283 g/mol. The minimum atomic E-state index is -0.116. The van der Waals surface area contributed by atoms with Crippen molar-refractivity contribution in [3.63, 3.8) is 0 Å². The maximum absolute atomic E-state index is 12.3. The Labute approximate surface area is 126 Å². The number of rotatable bonds is 3. The van der Waals surface area contributed by atoms with E-state index in [0.717, 1.165) is 17.0 Å². The largest absolute Gasteiger partial charge is 0.497 e. The predicted octanol–water partition coefficient (Wildman–Crippen LogP) is 4.25. The lowest BCUT2D eigenvalue weighted by Crippen LogP contribution is -2.18. The predicted molar refractivity (Wildman–Crippen MR) is 86.1 cm³/mol. The van der Waals surface area contributed by atoms with Gasteiger partial charge in [-0.15, -0.1) is 0 Å². The summed E-state index contributed by atoms with van der Waals surface area (Å²) in [6, 6.07) is 15.0. The molecule has 0 fully saturated rings. The molecule has 0 aliphatic rings. The highest BCUT2D eigenvalue weighted by molar-refractivity contribution is 6.04. The first-order valence-electron chi connectivity index (χ1n) is 6.97. The summed E-state index contributed by atoms with van der Waals surface area (Å²) in [5.41, 5.74) is 2.56. The summed E-state index contributed by atoms with van der Waals surface area (Å²) in [6.45, 7) is 6.39. The van der Waals surface area contributed by atoms with Crippen LogP contribution < -0.4 is 10.1 Å². The third-order valence-corrected chi connectivity index (χ3v) is 3.34.